The van der Waals surface area contributed by atoms with E-state index in [2.05, 4.69) is 6.92 Å². The number of imide groups is 1. The van der Waals surface area contributed by atoms with Gasteiger partial charge in [0.15, 0.2) is 0 Å². The third kappa shape index (κ3) is 2.28. The van der Waals surface area contributed by atoms with Gasteiger partial charge in [-0.25, -0.2) is 9.21 Å². The van der Waals surface area contributed by atoms with E-state index in [-0.39, 0.29) is 0 Å². The summed E-state index contributed by atoms with van der Waals surface area (Å²) in [4.78, 5) is 23.1. The van der Waals surface area contributed by atoms with Crippen LogP contribution in [0.2, 0.25) is 0 Å². The molecule has 1 rings (SSSR count). The summed E-state index contributed by atoms with van der Waals surface area (Å²) in [5.41, 5.74) is -0.992. The Hall–Kier alpha value is -0.480. The van der Waals surface area contributed by atoms with Crippen LogP contribution in [0.5, 0.6) is 0 Å². The summed E-state index contributed by atoms with van der Waals surface area (Å²) >= 11 is 11.3. The second-order valence-electron chi connectivity index (χ2n) is 4.23. The zero-order chi connectivity index (χ0) is 12.3. The monoisotopic (exact) mass is 266 g/mol. The average molecular weight is 267 g/mol. The predicted octanol–water partition coefficient (Wildman–Crippen LogP) is 3.29. The summed E-state index contributed by atoms with van der Waals surface area (Å²) in [6.45, 7) is 3.76. The van der Waals surface area contributed by atoms with Crippen molar-refractivity contribution in [3.8, 4) is 0 Å². The van der Waals surface area contributed by atoms with Crippen LogP contribution in [0.25, 0.3) is 0 Å². The first-order chi connectivity index (χ1) is 7.45. The smallest absolute Gasteiger partial charge is 0.270 e. The Morgan fingerprint density at radius 1 is 1.19 bits per heavy atom. The van der Waals surface area contributed by atoms with E-state index >= 15 is 0 Å². The van der Waals surface area contributed by atoms with Crippen LogP contribution in [0.4, 0.5) is 4.79 Å². The standard InChI is InChI=1S/C10H16Cl2N2O2/c1-3-4-5-6-7-10(2)8(15)13(11)9(16)14(10)12/h3-7H2,1-2H3. The van der Waals surface area contributed by atoms with Crippen LogP contribution < -0.4 is 0 Å². The van der Waals surface area contributed by atoms with Gasteiger partial charge >= 0.3 is 6.03 Å². The maximum Gasteiger partial charge on any atom is 0.357 e. The summed E-state index contributed by atoms with van der Waals surface area (Å²) in [5, 5.41) is 0. The van der Waals surface area contributed by atoms with Gasteiger partial charge in [0.2, 0.25) is 0 Å². The first-order valence-electron chi connectivity index (χ1n) is 5.45. The molecule has 0 saturated carbocycles. The number of rotatable bonds is 5. The van der Waals surface area contributed by atoms with Gasteiger partial charge < -0.3 is 0 Å². The second kappa shape index (κ2) is 5.23. The van der Waals surface area contributed by atoms with Crippen LogP contribution in [0.1, 0.15) is 46.0 Å². The minimum Gasteiger partial charge on any atom is -0.270 e. The van der Waals surface area contributed by atoms with Crippen LogP contribution in [0.15, 0.2) is 0 Å². The van der Waals surface area contributed by atoms with E-state index in [9.17, 15) is 9.59 Å². The van der Waals surface area contributed by atoms with E-state index in [1.54, 1.807) is 6.92 Å². The number of halogens is 2. The normalized spacial score (nSPS) is 25.8. The van der Waals surface area contributed by atoms with Crippen molar-refractivity contribution in [2.24, 2.45) is 0 Å². The van der Waals surface area contributed by atoms with E-state index in [4.69, 9.17) is 23.6 Å². The van der Waals surface area contributed by atoms with Crippen LogP contribution >= 0.6 is 23.6 Å². The average Bonchev–Trinajstić information content (AvgIpc) is 2.42. The number of amides is 3. The van der Waals surface area contributed by atoms with Crippen molar-refractivity contribution in [3.05, 3.63) is 0 Å². The number of carbonyl (C=O) groups is 2. The molecule has 0 bridgehead atoms. The molecule has 3 amide bonds. The minimum atomic E-state index is -0.992. The molecule has 1 fully saturated rings. The van der Waals surface area contributed by atoms with Gasteiger partial charge in [-0.2, -0.15) is 4.42 Å². The number of unbranched alkanes of at least 4 members (excludes halogenated alkanes) is 3. The fourth-order valence-corrected chi connectivity index (χ4v) is 2.30. The molecule has 0 aromatic carbocycles. The molecule has 0 spiro atoms. The molecule has 1 aliphatic rings. The molecule has 0 N–H and O–H groups in total. The SMILES string of the molecule is CCCCCCC1(C)C(=O)N(Cl)C(=O)N1Cl. The van der Waals surface area contributed by atoms with Crippen molar-refractivity contribution in [2.45, 2.75) is 51.5 Å². The van der Waals surface area contributed by atoms with Crippen molar-refractivity contribution in [1.29, 1.82) is 0 Å². The molecule has 6 heteroatoms. The highest BCUT2D eigenvalue weighted by Crippen LogP contribution is 2.35. The lowest BCUT2D eigenvalue weighted by molar-refractivity contribution is -0.128. The van der Waals surface area contributed by atoms with E-state index < -0.39 is 17.5 Å². The van der Waals surface area contributed by atoms with Crippen molar-refractivity contribution in [3.63, 3.8) is 0 Å². The summed E-state index contributed by atoms with van der Waals surface area (Å²) in [7, 11) is 0. The van der Waals surface area contributed by atoms with Crippen LogP contribution in [0.3, 0.4) is 0 Å². The third-order valence-corrected chi connectivity index (χ3v) is 3.74. The van der Waals surface area contributed by atoms with Gasteiger partial charge in [0.1, 0.15) is 5.54 Å². The third-order valence-electron chi connectivity index (χ3n) is 2.93. The molecule has 0 aromatic rings. The van der Waals surface area contributed by atoms with E-state index in [0.717, 1.165) is 30.1 Å². The zero-order valence-electron chi connectivity index (χ0n) is 9.50. The van der Waals surface area contributed by atoms with Gasteiger partial charge in [-0.3, -0.25) is 4.79 Å². The fraction of sp³-hybridized carbons (Fsp3) is 0.800. The molecule has 0 aliphatic carbocycles. The summed E-state index contributed by atoms with van der Waals surface area (Å²) in [6, 6.07) is -0.661. The predicted molar refractivity (Wildman–Crippen MR) is 63.0 cm³/mol. The van der Waals surface area contributed by atoms with Crippen molar-refractivity contribution in [1.82, 2.24) is 8.84 Å². The molecule has 16 heavy (non-hydrogen) atoms. The van der Waals surface area contributed by atoms with Crippen molar-refractivity contribution >= 4 is 35.5 Å². The molecule has 1 saturated heterocycles. The summed E-state index contributed by atoms with van der Waals surface area (Å²) in [6.07, 6.45) is 4.67. The highest BCUT2D eigenvalue weighted by molar-refractivity contribution is 6.39. The maximum atomic E-state index is 11.8. The summed E-state index contributed by atoms with van der Waals surface area (Å²) < 4.78 is 1.47. The molecule has 92 valence electrons. The molecule has 4 nitrogen and oxygen atoms in total. The molecule has 1 unspecified atom stereocenters. The highest BCUT2D eigenvalue weighted by atomic mass is 35.5. The quantitative estimate of drug-likeness (QED) is 0.435. The van der Waals surface area contributed by atoms with Gasteiger partial charge in [-0.15, -0.1) is 0 Å². The Morgan fingerprint density at radius 3 is 2.25 bits per heavy atom. The number of carbonyl (C=O) groups excluding carboxylic acids is 2. The van der Waals surface area contributed by atoms with Crippen molar-refractivity contribution in [2.75, 3.05) is 0 Å². The highest BCUT2D eigenvalue weighted by Gasteiger charge is 2.53. The van der Waals surface area contributed by atoms with Crippen molar-refractivity contribution < 1.29 is 9.59 Å². The van der Waals surface area contributed by atoms with E-state index in [0.29, 0.717) is 10.8 Å². The van der Waals surface area contributed by atoms with Crippen LogP contribution in [0, 0.1) is 0 Å². The lowest BCUT2D eigenvalue weighted by Crippen LogP contribution is -2.41. The largest absolute Gasteiger partial charge is 0.357 e. The molecule has 1 aliphatic heterocycles. The topological polar surface area (TPSA) is 40.6 Å². The number of nitrogens with zero attached hydrogens (tertiary/aromatic N) is 2. The number of urea groups is 1. The first-order valence-corrected chi connectivity index (χ1v) is 6.13. The maximum absolute atomic E-state index is 11.8. The van der Waals surface area contributed by atoms with Gasteiger partial charge in [0.25, 0.3) is 5.91 Å². The van der Waals surface area contributed by atoms with Crippen LogP contribution in [-0.2, 0) is 4.79 Å². The molecule has 1 atom stereocenters. The molecular formula is C10H16Cl2N2O2. The Labute approximate surface area is 106 Å². The van der Waals surface area contributed by atoms with E-state index in [1.165, 1.54) is 0 Å². The van der Waals surface area contributed by atoms with Gasteiger partial charge in [0, 0.05) is 23.6 Å². The Bertz CT molecular complexity index is 299. The Morgan fingerprint density at radius 2 is 1.81 bits per heavy atom. The number of hydrogen-bond acceptors (Lipinski definition) is 2. The molecule has 1 heterocycles. The Kier molecular flexibility index (Phi) is 4.44. The molecule has 0 radical (unpaired) electrons. The van der Waals surface area contributed by atoms with Gasteiger partial charge in [-0.1, -0.05) is 32.6 Å². The fourth-order valence-electron chi connectivity index (χ4n) is 1.77. The minimum absolute atomic E-state index is 0.439. The zero-order valence-corrected chi connectivity index (χ0v) is 11.0. The molecular weight excluding hydrogens is 251 g/mol. The first kappa shape index (κ1) is 13.6. The van der Waals surface area contributed by atoms with Crippen LogP contribution in [-0.4, -0.2) is 26.3 Å². The molecule has 0 aromatic heterocycles. The Balaban J connectivity index is 2.62. The second-order valence-corrected chi connectivity index (χ2v) is 4.91. The van der Waals surface area contributed by atoms with Gasteiger partial charge in [-0.05, 0) is 13.3 Å². The summed E-state index contributed by atoms with van der Waals surface area (Å²) in [5.74, 6) is -0.439. The lowest BCUT2D eigenvalue weighted by atomic mass is 9.94. The lowest BCUT2D eigenvalue weighted by Gasteiger charge is -2.25. The number of hydrogen-bond donors (Lipinski definition) is 0. The van der Waals surface area contributed by atoms with E-state index in [1.807, 2.05) is 0 Å². The van der Waals surface area contributed by atoms with Gasteiger partial charge in [0.05, 0.1) is 0 Å².